The number of carbonyl (C=O) groups is 1. The number of nitrogens with zero attached hydrogens (tertiary/aromatic N) is 5. The minimum absolute atomic E-state index is 0.216. The quantitative estimate of drug-likeness (QED) is 0.510. The van der Waals surface area contributed by atoms with Crippen molar-refractivity contribution in [3.05, 3.63) is 42.2 Å². The van der Waals surface area contributed by atoms with Gasteiger partial charge in [0.05, 0.1) is 5.52 Å². The van der Waals surface area contributed by atoms with Crippen molar-refractivity contribution >= 4 is 28.6 Å². The van der Waals surface area contributed by atoms with Crippen molar-refractivity contribution in [1.29, 1.82) is 0 Å². The molecule has 4 heterocycles. The first-order chi connectivity index (χ1) is 17.1. The van der Waals surface area contributed by atoms with Crippen LogP contribution >= 0.6 is 0 Å². The van der Waals surface area contributed by atoms with E-state index in [1.165, 1.54) is 18.4 Å². The highest BCUT2D eigenvalue weighted by molar-refractivity contribution is 5.91. The number of carbonyl (C=O) groups excluding carboxylic acids is 1. The first-order valence-corrected chi connectivity index (χ1v) is 13.1. The Morgan fingerprint density at radius 2 is 1.89 bits per heavy atom. The lowest BCUT2D eigenvalue weighted by Crippen LogP contribution is -2.41. The maximum Gasteiger partial charge on any atom is 0.225 e. The molecule has 8 heteroatoms. The van der Waals surface area contributed by atoms with E-state index in [1.807, 2.05) is 7.05 Å². The zero-order valence-corrected chi connectivity index (χ0v) is 21.0. The summed E-state index contributed by atoms with van der Waals surface area (Å²) < 4.78 is 2.17. The molecule has 2 N–H and O–H groups in total. The minimum Gasteiger partial charge on any atom is -0.369 e. The number of hydrogen-bond acceptors (Lipinski definition) is 6. The summed E-state index contributed by atoms with van der Waals surface area (Å²) in [6.07, 6.45) is 9.65. The molecule has 0 saturated carbocycles. The third kappa shape index (κ3) is 5.27. The van der Waals surface area contributed by atoms with Gasteiger partial charge in [0.25, 0.3) is 0 Å². The van der Waals surface area contributed by atoms with Crippen molar-refractivity contribution in [1.82, 2.24) is 24.3 Å². The number of likely N-dealkylation sites (tertiary alicyclic amines) is 2. The summed E-state index contributed by atoms with van der Waals surface area (Å²) in [4.78, 5) is 26.6. The zero-order valence-electron chi connectivity index (χ0n) is 21.0. The molecule has 1 amide bonds. The monoisotopic (exact) mass is 475 g/mol. The highest BCUT2D eigenvalue weighted by Crippen LogP contribution is 2.26. The molecular weight excluding hydrogens is 438 g/mol. The van der Waals surface area contributed by atoms with Crippen molar-refractivity contribution < 1.29 is 4.79 Å². The summed E-state index contributed by atoms with van der Waals surface area (Å²) in [5.74, 6) is 2.09. The van der Waals surface area contributed by atoms with Crippen LogP contribution in [-0.2, 0) is 11.3 Å². The van der Waals surface area contributed by atoms with Crippen LogP contribution < -0.4 is 10.6 Å². The summed E-state index contributed by atoms with van der Waals surface area (Å²) in [5, 5.41) is 7.52. The van der Waals surface area contributed by atoms with Crippen molar-refractivity contribution in [3.8, 4) is 5.69 Å². The molecule has 35 heavy (non-hydrogen) atoms. The van der Waals surface area contributed by atoms with Gasteiger partial charge in [-0.25, -0.2) is 4.98 Å². The van der Waals surface area contributed by atoms with E-state index < -0.39 is 0 Å². The predicted octanol–water partition coefficient (Wildman–Crippen LogP) is 4.12. The van der Waals surface area contributed by atoms with E-state index in [-0.39, 0.29) is 5.92 Å². The van der Waals surface area contributed by atoms with Crippen molar-refractivity contribution in [3.63, 3.8) is 0 Å². The lowest BCUT2D eigenvalue weighted by Gasteiger charge is -2.32. The second-order valence-corrected chi connectivity index (χ2v) is 9.78. The third-order valence-electron chi connectivity index (χ3n) is 7.26. The van der Waals surface area contributed by atoms with Crippen molar-refractivity contribution in [2.24, 2.45) is 5.92 Å². The van der Waals surface area contributed by atoms with E-state index in [1.54, 1.807) is 0 Å². The van der Waals surface area contributed by atoms with E-state index in [0.717, 1.165) is 80.9 Å². The minimum atomic E-state index is 0.216. The molecule has 2 fully saturated rings. The van der Waals surface area contributed by atoms with E-state index in [9.17, 15) is 4.79 Å². The van der Waals surface area contributed by atoms with Gasteiger partial charge in [0.2, 0.25) is 11.9 Å². The molecule has 0 bridgehead atoms. The van der Waals surface area contributed by atoms with Gasteiger partial charge in [-0.2, -0.15) is 4.98 Å². The van der Waals surface area contributed by atoms with Crippen molar-refractivity contribution in [2.75, 3.05) is 50.4 Å². The van der Waals surface area contributed by atoms with Crippen LogP contribution in [0.25, 0.3) is 16.6 Å². The number of fused-ring (bicyclic) bond motifs is 1. The summed E-state index contributed by atoms with van der Waals surface area (Å²) in [6, 6.07) is 8.54. The number of hydrogen-bond donors (Lipinski definition) is 2. The number of anilines is 2. The van der Waals surface area contributed by atoms with Gasteiger partial charge in [-0.05, 0) is 75.0 Å². The Hall–Kier alpha value is -3.13. The maximum absolute atomic E-state index is 12.7. The Kier molecular flexibility index (Phi) is 7.18. The van der Waals surface area contributed by atoms with Crippen LogP contribution in [0, 0.1) is 5.92 Å². The van der Waals surface area contributed by atoms with Gasteiger partial charge in [0.1, 0.15) is 5.82 Å². The fraction of sp³-hybridized carbons (Fsp3) is 0.519. The Bertz CT molecular complexity index is 1160. The molecule has 2 aliphatic heterocycles. The fourth-order valence-corrected chi connectivity index (χ4v) is 5.26. The van der Waals surface area contributed by atoms with E-state index in [0.29, 0.717) is 11.9 Å². The van der Waals surface area contributed by atoms with Crippen LogP contribution in [-0.4, -0.2) is 70.0 Å². The molecule has 5 rings (SSSR count). The summed E-state index contributed by atoms with van der Waals surface area (Å²) in [5.41, 5.74) is 3.29. The van der Waals surface area contributed by atoms with Gasteiger partial charge in [0, 0.05) is 62.6 Å². The highest BCUT2D eigenvalue weighted by atomic mass is 16.2. The molecule has 0 radical (unpaired) electrons. The van der Waals surface area contributed by atoms with Crippen LogP contribution in [0.5, 0.6) is 0 Å². The number of rotatable bonds is 8. The van der Waals surface area contributed by atoms with Gasteiger partial charge in [-0.1, -0.05) is 6.92 Å². The molecular formula is C27H37N7O. The Balaban J connectivity index is 1.24. The van der Waals surface area contributed by atoms with E-state index >= 15 is 0 Å². The second-order valence-electron chi connectivity index (χ2n) is 9.78. The third-order valence-corrected chi connectivity index (χ3v) is 7.26. The topological polar surface area (TPSA) is 78.3 Å². The molecule has 0 atom stereocenters. The second kappa shape index (κ2) is 10.6. The molecule has 186 valence electrons. The Labute approximate surface area is 207 Å². The fourth-order valence-electron chi connectivity index (χ4n) is 5.26. The molecule has 0 unspecified atom stereocenters. The van der Waals surface area contributed by atoms with Crippen LogP contribution in [0.3, 0.4) is 0 Å². The smallest absolute Gasteiger partial charge is 0.225 e. The van der Waals surface area contributed by atoms with Gasteiger partial charge < -0.3 is 20.1 Å². The number of piperidine rings is 1. The number of nitrogens with one attached hydrogen (secondary N) is 2. The largest absolute Gasteiger partial charge is 0.369 e. The Morgan fingerprint density at radius 1 is 1.09 bits per heavy atom. The summed E-state index contributed by atoms with van der Waals surface area (Å²) >= 11 is 0. The van der Waals surface area contributed by atoms with Crippen LogP contribution in [0.1, 0.15) is 44.6 Å². The number of benzene rings is 1. The maximum atomic E-state index is 12.7. The zero-order chi connectivity index (χ0) is 24.2. The van der Waals surface area contributed by atoms with Gasteiger partial charge in [-0.3, -0.25) is 9.69 Å². The first kappa shape index (κ1) is 23.6. The lowest BCUT2D eigenvalue weighted by molar-refractivity contribution is -0.136. The first-order valence-electron chi connectivity index (χ1n) is 13.1. The average Bonchev–Trinajstić information content (AvgIpc) is 3.59. The standard InChI is InChI=1S/C27H37N7O/c1-3-11-29-25-23-7-6-22(17-24(23)30-27(28-2)31-25)34-16-8-20(19-34)18-32-14-9-21(10-15-32)26(35)33-12-4-5-13-33/h6-8,16-17,19,21H,3-5,9-15,18H2,1-2H3,(H2,28,29,30,31). The van der Waals surface area contributed by atoms with Gasteiger partial charge >= 0.3 is 0 Å². The summed E-state index contributed by atoms with van der Waals surface area (Å²) in [7, 11) is 1.85. The molecule has 2 saturated heterocycles. The van der Waals surface area contributed by atoms with Crippen molar-refractivity contribution in [2.45, 2.75) is 45.6 Å². The lowest BCUT2D eigenvalue weighted by atomic mass is 9.95. The van der Waals surface area contributed by atoms with Crippen LogP contribution in [0.15, 0.2) is 36.7 Å². The molecule has 2 aliphatic rings. The van der Waals surface area contributed by atoms with Gasteiger partial charge in [0.15, 0.2) is 0 Å². The van der Waals surface area contributed by atoms with Gasteiger partial charge in [-0.15, -0.1) is 0 Å². The Morgan fingerprint density at radius 3 is 2.63 bits per heavy atom. The average molecular weight is 476 g/mol. The molecule has 3 aromatic rings. The van der Waals surface area contributed by atoms with Crippen LogP contribution in [0.4, 0.5) is 11.8 Å². The van der Waals surface area contributed by atoms with Crippen LogP contribution in [0.2, 0.25) is 0 Å². The van der Waals surface area contributed by atoms with E-state index in [4.69, 9.17) is 0 Å². The molecule has 0 aliphatic carbocycles. The normalized spacial score (nSPS) is 17.3. The molecule has 0 spiro atoms. The molecule has 8 nitrogen and oxygen atoms in total. The van der Waals surface area contributed by atoms with E-state index in [2.05, 4.69) is 78.6 Å². The summed E-state index contributed by atoms with van der Waals surface area (Å²) in [6.45, 7) is 7.84. The highest BCUT2D eigenvalue weighted by Gasteiger charge is 2.29. The molecule has 2 aromatic heterocycles. The molecule has 1 aromatic carbocycles. The number of amides is 1. The number of aromatic nitrogens is 3. The SMILES string of the molecule is CCCNc1nc(NC)nc2cc(-n3ccc(CN4CCC(C(=O)N5CCCC5)CC4)c3)ccc12. The predicted molar refractivity (Wildman–Crippen MR) is 141 cm³/mol.